The Labute approximate surface area is 170 Å². The van der Waals surface area contributed by atoms with E-state index in [2.05, 4.69) is 20.8 Å². The van der Waals surface area contributed by atoms with Crippen molar-refractivity contribution in [1.82, 2.24) is 0 Å². The average Bonchev–Trinajstić information content (AvgIpc) is 2.98. The molecule has 0 aliphatic heterocycles. The maximum Gasteiger partial charge on any atom is 0.303 e. The van der Waals surface area contributed by atoms with Crippen LogP contribution in [0.1, 0.15) is 85.0 Å². The second-order valence-corrected chi connectivity index (χ2v) is 11.4. The molecule has 0 radical (unpaired) electrons. The van der Waals surface area contributed by atoms with E-state index in [0.717, 1.165) is 32.1 Å². The first-order chi connectivity index (χ1) is 13.2. The number of carboxylic acid groups (broad SMARTS) is 1. The van der Waals surface area contributed by atoms with Crippen molar-refractivity contribution in [3.05, 3.63) is 0 Å². The highest BCUT2D eigenvalue weighted by Gasteiger charge is 2.62. The van der Waals surface area contributed by atoms with Crippen molar-refractivity contribution in [2.45, 2.75) is 97.2 Å². The van der Waals surface area contributed by atoms with E-state index in [1.165, 1.54) is 25.7 Å². The summed E-state index contributed by atoms with van der Waals surface area (Å²) in [5.41, 5.74) is 0.523. The van der Waals surface area contributed by atoms with Crippen LogP contribution in [0.25, 0.3) is 0 Å². The van der Waals surface area contributed by atoms with Crippen molar-refractivity contribution in [2.75, 3.05) is 0 Å². The number of rotatable bonds is 4. The van der Waals surface area contributed by atoms with Crippen molar-refractivity contribution >= 4 is 5.97 Å². The van der Waals surface area contributed by atoms with Crippen LogP contribution in [0.3, 0.4) is 0 Å². The molecule has 4 saturated carbocycles. The lowest BCUT2D eigenvalue weighted by Gasteiger charge is -2.62. The summed E-state index contributed by atoms with van der Waals surface area (Å²) in [6.45, 7) is 7.16. The van der Waals surface area contributed by atoms with E-state index in [0.29, 0.717) is 35.5 Å². The van der Waals surface area contributed by atoms with Gasteiger partial charge < -0.3 is 15.3 Å². The smallest absolute Gasteiger partial charge is 0.303 e. The van der Waals surface area contributed by atoms with Crippen molar-refractivity contribution in [3.63, 3.8) is 0 Å². The lowest BCUT2D eigenvalue weighted by atomic mass is 9.43. The molecule has 0 aromatic carbocycles. The monoisotopic (exact) mass is 392 g/mol. The lowest BCUT2D eigenvalue weighted by molar-refractivity contribution is -0.174. The van der Waals surface area contributed by atoms with E-state index in [4.69, 9.17) is 5.11 Å². The molecule has 160 valence electrons. The van der Waals surface area contributed by atoms with Gasteiger partial charge in [-0.05, 0) is 104 Å². The van der Waals surface area contributed by atoms with Crippen molar-refractivity contribution in [2.24, 2.45) is 46.3 Å². The van der Waals surface area contributed by atoms with Gasteiger partial charge in [0.2, 0.25) is 0 Å². The second kappa shape index (κ2) is 7.27. The zero-order chi connectivity index (χ0) is 20.3. The van der Waals surface area contributed by atoms with Crippen LogP contribution in [0.5, 0.6) is 0 Å². The van der Waals surface area contributed by atoms with Crippen LogP contribution in [0.2, 0.25) is 0 Å². The summed E-state index contributed by atoms with van der Waals surface area (Å²) < 4.78 is 0. The summed E-state index contributed by atoms with van der Waals surface area (Å²) in [5, 5.41) is 30.5. The Bertz CT molecular complexity index is 605. The fourth-order valence-electron chi connectivity index (χ4n) is 8.73. The van der Waals surface area contributed by atoms with Gasteiger partial charge in [-0.15, -0.1) is 0 Å². The molecular formula is C24H40O4. The van der Waals surface area contributed by atoms with E-state index >= 15 is 0 Å². The Hall–Kier alpha value is -0.610. The topological polar surface area (TPSA) is 77.8 Å². The van der Waals surface area contributed by atoms with Gasteiger partial charge in [0, 0.05) is 6.42 Å². The Morgan fingerprint density at radius 3 is 2.39 bits per heavy atom. The summed E-state index contributed by atoms with van der Waals surface area (Å²) in [5.74, 6) is 2.36. The van der Waals surface area contributed by atoms with Crippen LogP contribution in [-0.4, -0.2) is 33.5 Å². The molecule has 4 fully saturated rings. The number of fused-ring (bicyclic) bond motifs is 5. The third-order valence-electron chi connectivity index (χ3n) is 10.2. The molecule has 4 rings (SSSR count). The first kappa shape index (κ1) is 20.7. The third-order valence-corrected chi connectivity index (χ3v) is 10.2. The van der Waals surface area contributed by atoms with Gasteiger partial charge in [0.25, 0.3) is 0 Å². The average molecular weight is 393 g/mol. The zero-order valence-corrected chi connectivity index (χ0v) is 17.9. The summed E-state index contributed by atoms with van der Waals surface area (Å²) >= 11 is 0. The predicted molar refractivity (Wildman–Crippen MR) is 109 cm³/mol. The van der Waals surface area contributed by atoms with Gasteiger partial charge in [-0.25, -0.2) is 0 Å². The second-order valence-electron chi connectivity index (χ2n) is 11.4. The molecule has 0 aromatic rings. The van der Waals surface area contributed by atoms with Crippen molar-refractivity contribution < 1.29 is 20.1 Å². The summed E-state index contributed by atoms with van der Waals surface area (Å²) in [6, 6.07) is 0. The fourth-order valence-corrected chi connectivity index (χ4v) is 8.73. The standard InChI is InChI=1S/C24H40O4/c1-14(4-7-21(27)28)17-5-6-18-22-19(9-11-24(17,18)3)23(2)10-8-16(25)12-15(23)13-20(22)26/h14-20,22,25-26H,4-13H2,1-3H3,(H,27,28)/t14?,15-,16+,17+,18-,19-,20-,22-,23-,24+/m0/s1. The minimum Gasteiger partial charge on any atom is -0.481 e. The number of aliphatic hydroxyl groups excluding tert-OH is 2. The van der Waals surface area contributed by atoms with Gasteiger partial charge in [0.1, 0.15) is 0 Å². The molecular weight excluding hydrogens is 352 g/mol. The minimum atomic E-state index is -0.684. The fraction of sp³-hybridized carbons (Fsp3) is 0.958. The van der Waals surface area contributed by atoms with E-state index in [1.807, 2.05) is 0 Å². The molecule has 1 unspecified atom stereocenters. The van der Waals surface area contributed by atoms with Crippen LogP contribution < -0.4 is 0 Å². The van der Waals surface area contributed by atoms with Gasteiger partial charge in [0.05, 0.1) is 12.2 Å². The first-order valence-electron chi connectivity index (χ1n) is 11.7. The van der Waals surface area contributed by atoms with Crippen molar-refractivity contribution in [3.8, 4) is 0 Å². The Morgan fingerprint density at radius 1 is 1.00 bits per heavy atom. The Balaban J connectivity index is 1.55. The van der Waals surface area contributed by atoms with Gasteiger partial charge in [0.15, 0.2) is 0 Å². The highest BCUT2D eigenvalue weighted by atomic mass is 16.4. The van der Waals surface area contributed by atoms with E-state index < -0.39 is 5.97 Å². The van der Waals surface area contributed by atoms with Crippen molar-refractivity contribution in [1.29, 1.82) is 0 Å². The van der Waals surface area contributed by atoms with Crippen LogP contribution in [0.4, 0.5) is 0 Å². The number of carbonyl (C=O) groups is 1. The summed E-state index contributed by atoms with van der Waals surface area (Å²) in [7, 11) is 0. The predicted octanol–water partition coefficient (Wildman–Crippen LogP) is 4.48. The number of hydrogen-bond acceptors (Lipinski definition) is 3. The van der Waals surface area contributed by atoms with E-state index in [9.17, 15) is 15.0 Å². The third kappa shape index (κ3) is 3.14. The number of aliphatic hydroxyl groups is 2. The molecule has 0 saturated heterocycles. The summed E-state index contributed by atoms with van der Waals surface area (Å²) in [6.07, 6.45) is 9.19. The number of carboxylic acids is 1. The maximum atomic E-state index is 11.2. The molecule has 0 spiro atoms. The molecule has 4 aliphatic carbocycles. The molecule has 10 atom stereocenters. The normalized spacial score (nSPS) is 51.7. The molecule has 0 bridgehead atoms. The molecule has 0 heterocycles. The summed E-state index contributed by atoms with van der Waals surface area (Å²) in [4.78, 5) is 11.1. The lowest BCUT2D eigenvalue weighted by Crippen LogP contribution is -2.58. The van der Waals surface area contributed by atoms with Crippen LogP contribution in [0.15, 0.2) is 0 Å². The molecule has 4 nitrogen and oxygen atoms in total. The highest BCUT2D eigenvalue weighted by molar-refractivity contribution is 5.66. The van der Waals surface area contributed by atoms with Gasteiger partial charge >= 0.3 is 5.97 Å². The molecule has 0 aromatic heterocycles. The number of aliphatic carboxylic acids is 1. The van der Waals surface area contributed by atoms with Gasteiger partial charge in [-0.2, -0.15) is 0 Å². The van der Waals surface area contributed by atoms with Gasteiger partial charge in [-0.3, -0.25) is 4.79 Å². The molecule has 4 aliphatic rings. The quantitative estimate of drug-likeness (QED) is 0.659. The van der Waals surface area contributed by atoms with Crippen LogP contribution in [-0.2, 0) is 4.79 Å². The molecule has 4 heteroatoms. The maximum absolute atomic E-state index is 11.2. The first-order valence-corrected chi connectivity index (χ1v) is 11.7. The Morgan fingerprint density at radius 2 is 1.68 bits per heavy atom. The van der Waals surface area contributed by atoms with E-state index in [1.54, 1.807) is 0 Å². The zero-order valence-electron chi connectivity index (χ0n) is 17.9. The largest absolute Gasteiger partial charge is 0.481 e. The molecule has 28 heavy (non-hydrogen) atoms. The minimum absolute atomic E-state index is 0.179. The highest BCUT2D eigenvalue weighted by Crippen LogP contribution is 2.68. The Kier molecular flexibility index (Phi) is 5.36. The van der Waals surface area contributed by atoms with Crippen LogP contribution in [0, 0.1) is 46.3 Å². The van der Waals surface area contributed by atoms with Gasteiger partial charge in [-0.1, -0.05) is 20.8 Å². The van der Waals surface area contributed by atoms with Crippen LogP contribution >= 0.6 is 0 Å². The SMILES string of the molecule is CC(CCC(=O)O)[C@H]1CC[C@H]2[C@@H]3[C@@H](O)C[C@@H]4C[C@H](O)CC[C@]4(C)[C@H]3CC[C@]12C. The number of hydrogen-bond donors (Lipinski definition) is 3. The van der Waals surface area contributed by atoms with E-state index in [-0.39, 0.29) is 29.5 Å². The molecule has 3 N–H and O–H groups in total. The molecule has 0 amide bonds.